The highest BCUT2D eigenvalue weighted by Crippen LogP contribution is 2.51. The molecule has 1 aromatic carbocycles. The summed E-state index contributed by atoms with van der Waals surface area (Å²) in [6.45, 7) is 11.6. The first-order chi connectivity index (χ1) is 13.5. The van der Waals surface area contributed by atoms with Crippen LogP contribution in [-0.4, -0.2) is 29.8 Å². The van der Waals surface area contributed by atoms with Gasteiger partial charge in [-0.3, -0.25) is 9.59 Å². The standard InChI is InChI=1S/C24H34O5/c1-16(2)19-11-12-24(22(27)28-6,14-21(26)29-23(3,4)5)13-20(19)18-9-7-17(15-25)8-10-18/h7-10,19-20,25H,1,11-15H2,2-6H3/t19-,20-,24-/m0/s1. The van der Waals surface area contributed by atoms with E-state index in [0.717, 1.165) is 23.1 Å². The summed E-state index contributed by atoms with van der Waals surface area (Å²) in [5.41, 5.74) is 1.46. The minimum Gasteiger partial charge on any atom is -0.469 e. The first-order valence-electron chi connectivity index (χ1n) is 10.2. The van der Waals surface area contributed by atoms with Crippen LogP contribution in [-0.2, 0) is 25.7 Å². The molecule has 1 N–H and O–H groups in total. The van der Waals surface area contributed by atoms with E-state index in [0.29, 0.717) is 12.8 Å². The fraction of sp³-hybridized carbons (Fsp3) is 0.583. The molecule has 0 amide bonds. The summed E-state index contributed by atoms with van der Waals surface area (Å²) in [5, 5.41) is 9.33. The van der Waals surface area contributed by atoms with Crippen molar-refractivity contribution in [1.29, 1.82) is 0 Å². The van der Waals surface area contributed by atoms with E-state index in [-0.39, 0.29) is 36.8 Å². The maximum atomic E-state index is 12.9. The van der Waals surface area contributed by atoms with E-state index in [4.69, 9.17) is 9.47 Å². The second-order valence-corrected chi connectivity index (χ2v) is 9.24. The van der Waals surface area contributed by atoms with Crippen LogP contribution in [0.4, 0.5) is 0 Å². The number of benzene rings is 1. The summed E-state index contributed by atoms with van der Waals surface area (Å²) < 4.78 is 10.7. The molecule has 3 atom stereocenters. The molecule has 0 spiro atoms. The molecule has 160 valence electrons. The lowest BCUT2D eigenvalue weighted by molar-refractivity contribution is -0.169. The number of aliphatic hydroxyl groups is 1. The topological polar surface area (TPSA) is 72.8 Å². The molecule has 1 aliphatic carbocycles. The van der Waals surface area contributed by atoms with Crippen LogP contribution < -0.4 is 0 Å². The van der Waals surface area contributed by atoms with Gasteiger partial charge in [-0.2, -0.15) is 0 Å². The van der Waals surface area contributed by atoms with Crippen LogP contribution in [0.2, 0.25) is 0 Å². The van der Waals surface area contributed by atoms with Crippen LogP contribution in [0.5, 0.6) is 0 Å². The fourth-order valence-corrected chi connectivity index (χ4v) is 4.40. The first kappa shape index (κ1) is 23.1. The van der Waals surface area contributed by atoms with Crippen molar-refractivity contribution in [2.45, 2.75) is 71.5 Å². The molecule has 1 saturated carbocycles. The zero-order chi connectivity index (χ0) is 21.8. The van der Waals surface area contributed by atoms with Crippen molar-refractivity contribution < 1.29 is 24.2 Å². The fourth-order valence-electron chi connectivity index (χ4n) is 4.40. The molecule has 0 aromatic heterocycles. The molecule has 0 aliphatic heterocycles. The van der Waals surface area contributed by atoms with E-state index >= 15 is 0 Å². The summed E-state index contributed by atoms with van der Waals surface area (Å²) in [7, 11) is 1.37. The maximum Gasteiger partial charge on any atom is 0.312 e. The van der Waals surface area contributed by atoms with Gasteiger partial charge in [-0.1, -0.05) is 36.4 Å². The number of carbonyl (C=O) groups excluding carboxylic acids is 2. The van der Waals surface area contributed by atoms with E-state index < -0.39 is 11.0 Å². The van der Waals surface area contributed by atoms with E-state index in [9.17, 15) is 14.7 Å². The minimum atomic E-state index is -0.913. The number of ether oxygens (including phenoxy) is 2. The van der Waals surface area contributed by atoms with Crippen LogP contribution in [0, 0.1) is 11.3 Å². The van der Waals surface area contributed by atoms with Crippen molar-refractivity contribution >= 4 is 11.9 Å². The zero-order valence-corrected chi connectivity index (χ0v) is 18.3. The molecule has 0 heterocycles. The highest BCUT2D eigenvalue weighted by atomic mass is 16.6. The van der Waals surface area contributed by atoms with Crippen LogP contribution in [0.15, 0.2) is 36.4 Å². The predicted molar refractivity (Wildman–Crippen MR) is 112 cm³/mol. The average Bonchev–Trinajstić information content (AvgIpc) is 2.65. The molecule has 5 heteroatoms. The minimum absolute atomic E-state index is 0.00504. The number of allylic oxidation sites excluding steroid dienone is 1. The van der Waals surface area contributed by atoms with Gasteiger partial charge in [-0.15, -0.1) is 0 Å². The number of carbonyl (C=O) groups is 2. The Morgan fingerprint density at radius 2 is 1.86 bits per heavy atom. The Bertz CT molecular complexity index is 744. The van der Waals surface area contributed by atoms with Gasteiger partial charge in [0.25, 0.3) is 0 Å². The maximum absolute atomic E-state index is 12.9. The summed E-state index contributed by atoms with van der Waals surface area (Å²) in [6, 6.07) is 7.78. The second-order valence-electron chi connectivity index (χ2n) is 9.24. The average molecular weight is 403 g/mol. The van der Waals surface area contributed by atoms with Gasteiger partial charge in [0, 0.05) is 0 Å². The Labute approximate surface area is 174 Å². The number of aliphatic hydroxyl groups excluding tert-OH is 1. The van der Waals surface area contributed by atoms with Crippen molar-refractivity contribution in [2.24, 2.45) is 11.3 Å². The van der Waals surface area contributed by atoms with Gasteiger partial charge in [0.1, 0.15) is 5.60 Å². The van der Waals surface area contributed by atoms with Crippen LogP contribution in [0.3, 0.4) is 0 Å². The number of esters is 2. The summed E-state index contributed by atoms with van der Waals surface area (Å²) in [5.74, 6) is -0.492. The van der Waals surface area contributed by atoms with Crippen molar-refractivity contribution in [1.82, 2.24) is 0 Å². The predicted octanol–water partition coefficient (Wildman–Crippen LogP) is 4.53. The lowest BCUT2D eigenvalue weighted by Gasteiger charge is -2.43. The molecule has 29 heavy (non-hydrogen) atoms. The quantitative estimate of drug-likeness (QED) is 0.559. The molecule has 0 unspecified atom stereocenters. The molecule has 5 nitrogen and oxygen atoms in total. The number of hydrogen-bond acceptors (Lipinski definition) is 5. The molecule has 1 fully saturated rings. The summed E-state index contributed by atoms with van der Waals surface area (Å²) in [4.78, 5) is 25.5. The smallest absolute Gasteiger partial charge is 0.312 e. The Hall–Kier alpha value is -2.14. The summed E-state index contributed by atoms with van der Waals surface area (Å²) in [6.07, 6.45) is 1.81. The Kier molecular flexibility index (Phi) is 7.28. The van der Waals surface area contributed by atoms with Gasteiger partial charge in [0.2, 0.25) is 0 Å². The SMILES string of the molecule is C=C(C)[C@@H]1CC[C@](CC(=O)OC(C)(C)C)(C(=O)OC)C[C@H]1c1ccc(CO)cc1. The highest BCUT2D eigenvalue weighted by molar-refractivity contribution is 5.84. The number of hydrogen-bond donors (Lipinski definition) is 1. The Balaban J connectivity index is 2.38. The normalized spacial score (nSPS) is 24.6. The van der Waals surface area contributed by atoms with E-state index in [1.165, 1.54) is 7.11 Å². The number of methoxy groups -OCH3 is 1. The van der Waals surface area contributed by atoms with Crippen LogP contribution in [0.1, 0.15) is 70.4 Å². The zero-order valence-electron chi connectivity index (χ0n) is 18.3. The third-order valence-electron chi connectivity index (χ3n) is 5.77. The largest absolute Gasteiger partial charge is 0.469 e. The van der Waals surface area contributed by atoms with Gasteiger partial charge >= 0.3 is 11.9 Å². The molecule has 2 rings (SSSR count). The van der Waals surface area contributed by atoms with E-state index in [1.54, 1.807) is 0 Å². The lowest BCUT2D eigenvalue weighted by atomic mass is 9.60. The van der Waals surface area contributed by atoms with Crippen molar-refractivity contribution in [3.63, 3.8) is 0 Å². The van der Waals surface area contributed by atoms with Gasteiger partial charge in [0.05, 0.1) is 25.6 Å². The Morgan fingerprint density at radius 1 is 1.24 bits per heavy atom. The van der Waals surface area contributed by atoms with Gasteiger partial charge in [0.15, 0.2) is 0 Å². The summed E-state index contributed by atoms with van der Waals surface area (Å²) >= 11 is 0. The van der Waals surface area contributed by atoms with Crippen molar-refractivity contribution in [3.8, 4) is 0 Å². The molecule has 0 saturated heterocycles. The molecule has 0 radical (unpaired) electrons. The molecular weight excluding hydrogens is 368 g/mol. The lowest BCUT2D eigenvalue weighted by Crippen LogP contribution is -2.42. The molecule has 1 aliphatic rings. The third-order valence-corrected chi connectivity index (χ3v) is 5.77. The van der Waals surface area contributed by atoms with Gasteiger partial charge < -0.3 is 14.6 Å². The van der Waals surface area contributed by atoms with Crippen molar-refractivity contribution in [2.75, 3.05) is 7.11 Å². The van der Waals surface area contributed by atoms with Crippen LogP contribution in [0.25, 0.3) is 0 Å². The van der Waals surface area contributed by atoms with E-state index in [2.05, 4.69) is 6.58 Å². The first-order valence-corrected chi connectivity index (χ1v) is 10.2. The monoisotopic (exact) mass is 402 g/mol. The van der Waals surface area contributed by atoms with Crippen molar-refractivity contribution in [3.05, 3.63) is 47.5 Å². The van der Waals surface area contributed by atoms with Gasteiger partial charge in [-0.05, 0) is 69.9 Å². The van der Waals surface area contributed by atoms with Crippen LogP contribution >= 0.6 is 0 Å². The number of rotatable bonds is 6. The van der Waals surface area contributed by atoms with E-state index in [1.807, 2.05) is 52.0 Å². The molecule has 0 bridgehead atoms. The highest BCUT2D eigenvalue weighted by Gasteiger charge is 2.49. The van der Waals surface area contributed by atoms with Gasteiger partial charge in [-0.25, -0.2) is 0 Å². The third kappa shape index (κ3) is 5.69. The molecule has 1 aromatic rings. The second kappa shape index (κ2) is 9.12. The Morgan fingerprint density at radius 3 is 2.34 bits per heavy atom. The molecular formula is C24H34O5.